The molecule has 3 aromatic carbocycles. The molecule has 0 saturated carbocycles. The Kier molecular flexibility index (Phi) is 11.7. The molecule has 15 heteroatoms. The van der Waals surface area contributed by atoms with E-state index in [1.807, 2.05) is 19.1 Å². The summed E-state index contributed by atoms with van der Waals surface area (Å²) in [7, 11) is 1.42. The number of methoxy groups -OCH3 is 1. The second-order valence-corrected chi connectivity index (χ2v) is 10.5. The smallest absolute Gasteiger partial charge is 0.491 e. The minimum atomic E-state index is -5.38. The SMILES string of the molecule is COc1cc(CC(=O)Nc2ccc(C(CC(=O)OC(=O)C(F)(F)F)NC(=O)c3cccnc3)cc2)ccc1NC(=O)Nc1ccccc1C. The number of amides is 4. The Labute approximate surface area is 278 Å². The van der Waals surface area contributed by atoms with Gasteiger partial charge in [0.05, 0.1) is 37.2 Å². The van der Waals surface area contributed by atoms with Crippen LogP contribution in [0.5, 0.6) is 5.75 Å². The van der Waals surface area contributed by atoms with Gasteiger partial charge in [-0.15, -0.1) is 0 Å². The van der Waals surface area contributed by atoms with Gasteiger partial charge < -0.3 is 30.7 Å². The first-order chi connectivity index (χ1) is 23.3. The van der Waals surface area contributed by atoms with Crippen LogP contribution in [0.4, 0.5) is 35.0 Å². The van der Waals surface area contributed by atoms with Crippen molar-refractivity contribution >= 4 is 46.8 Å². The molecule has 4 aromatic rings. The molecule has 0 aliphatic rings. The van der Waals surface area contributed by atoms with E-state index in [4.69, 9.17) is 4.74 Å². The third-order valence-electron chi connectivity index (χ3n) is 6.91. The van der Waals surface area contributed by atoms with Gasteiger partial charge in [0.1, 0.15) is 5.75 Å². The summed E-state index contributed by atoms with van der Waals surface area (Å²) in [6.45, 7) is 1.86. The van der Waals surface area contributed by atoms with E-state index in [0.717, 1.165) is 5.56 Å². The Morgan fingerprint density at radius 3 is 2.22 bits per heavy atom. The number of ether oxygens (including phenoxy) is 2. The third kappa shape index (κ3) is 10.4. The molecule has 1 atom stereocenters. The molecule has 0 saturated heterocycles. The molecular formula is C34H30F3N5O7. The van der Waals surface area contributed by atoms with Crippen LogP contribution in [-0.4, -0.2) is 48.1 Å². The highest BCUT2D eigenvalue weighted by Crippen LogP contribution is 2.27. The standard InChI is InChI=1S/C34H30F3N5O7/c1-20-6-3-4-8-25(20)41-33(47)42-26-14-9-21(16-28(26)48-2)17-29(43)39-24-12-10-22(11-13-24)27(18-30(44)49-32(46)34(35,36)37)40-31(45)23-7-5-15-38-19-23/h3-16,19,27H,17-18H2,1-2H3,(H,39,43)(H,40,45)(H2,41,42,47). The third-order valence-corrected chi connectivity index (χ3v) is 6.91. The number of benzene rings is 3. The molecule has 49 heavy (non-hydrogen) atoms. The molecule has 4 amide bonds. The number of nitrogens with one attached hydrogen (secondary N) is 4. The van der Waals surface area contributed by atoms with E-state index in [0.29, 0.717) is 28.4 Å². The molecule has 4 rings (SSSR count). The number of para-hydroxylation sites is 1. The van der Waals surface area contributed by atoms with Gasteiger partial charge in [-0.25, -0.2) is 9.59 Å². The highest BCUT2D eigenvalue weighted by Gasteiger charge is 2.42. The summed E-state index contributed by atoms with van der Waals surface area (Å²) in [5, 5.41) is 10.7. The lowest BCUT2D eigenvalue weighted by molar-refractivity contribution is -0.202. The summed E-state index contributed by atoms with van der Waals surface area (Å²) >= 11 is 0. The predicted octanol–water partition coefficient (Wildman–Crippen LogP) is 5.72. The summed E-state index contributed by atoms with van der Waals surface area (Å²) in [5.41, 5.74) is 3.19. The minimum Gasteiger partial charge on any atom is -0.495 e. The van der Waals surface area contributed by atoms with Crippen molar-refractivity contribution < 1.29 is 46.6 Å². The normalized spacial score (nSPS) is 11.4. The van der Waals surface area contributed by atoms with Gasteiger partial charge in [-0.3, -0.25) is 19.4 Å². The molecule has 12 nitrogen and oxygen atoms in total. The molecule has 254 valence electrons. The van der Waals surface area contributed by atoms with Gasteiger partial charge in [-0.1, -0.05) is 36.4 Å². The molecule has 0 bridgehead atoms. The summed E-state index contributed by atoms with van der Waals surface area (Å²) in [6.07, 6.45) is -3.58. The molecule has 1 heterocycles. The summed E-state index contributed by atoms with van der Waals surface area (Å²) in [5.74, 6) is -4.97. The highest BCUT2D eigenvalue weighted by molar-refractivity contribution is 6.01. The van der Waals surface area contributed by atoms with Crippen LogP contribution >= 0.6 is 0 Å². The zero-order valence-corrected chi connectivity index (χ0v) is 26.1. The number of carbonyl (C=O) groups is 5. The number of alkyl halides is 3. The summed E-state index contributed by atoms with van der Waals surface area (Å²) in [6, 6.07) is 19.2. The maximum Gasteiger partial charge on any atom is 0.491 e. The lowest BCUT2D eigenvalue weighted by Crippen LogP contribution is -2.33. The fraction of sp³-hybridized carbons (Fsp3) is 0.176. The quantitative estimate of drug-likeness (QED) is 0.116. The Morgan fingerprint density at radius 1 is 0.857 bits per heavy atom. The molecule has 4 N–H and O–H groups in total. The first kappa shape index (κ1) is 35.6. The van der Waals surface area contributed by atoms with Crippen LogP contribution in [0, 0.1) is 6.92 Å². The lowest BCUT2D eigenvalue weighted by Gasteiger charge is -2.19. The fourth-order valence-electron chi connectivity index (χ4n) is 4.49. The predicted molar refractivity (Wildman–Crippen MR) is 172 cm³/mol. The van der Waals surface area contributed by atoms with Crippen LogP contribution in [0.2, 0.25) is 0 Å². The van der Waals surface area contributed by atoms with Crippen molar-refractivity contribution in [2.75, 3.05) is 23.1 Å². The molecule has 0 spiro atoms. The van der Waals surface area contributed by atoms with Gasteiger partial charge >= 0.3 is 24.1 Å². The number of pyridine rings is 1. The van der Waals surface area contributed by atoms with Crippen molar-refractivity contribution in [1.29, 1.82) is 0 Å². The maximum absolute atomic E-state index is 12.9. The Balaban J connectivity index is 1.40. The Morgan fingerprint density at radius 2 is 1.57 bits per heavy atom. The Bertz CT molecular complexity index is 1830. The van der Waals surface area contributed by atoms with Crippen LogP contribution < -0.4 is 26.0 Å². The van der Waals surface area contributed by atoms with Crippen molar-refractivity contribution in [2.24, 2.45) is 0 Å². The number of carbonyl (C=O) groups excluding carboxylic acids is 5. The molecule has 0 fully saturated rings. The van der Waals surface area contributed by atoms with E-state index < -0.39 is 48.4 Å². The van der Waals surface area contributed by atoms with Gasteiger partial charge in [-0.05, 0) is 66.1 Å². The number of aromatic nitrogens is 1. The van der Waals surface area contributed by atoms with Gasteiger partial charge in [0.25, 0.3) is 5.91 Å². The number of urea groups is 1. The number of hydrogen-bond donors (Lipinski definition) is 4. The zero-order chi connectivity index (χ0) is 35.6. The average Bonchev–Trinajstić information content (AvgIpc) is 3.06. The van der Waals surface area contributed by atoms with Crippen LogP contribution in [0.15, 0.2) is 91.3 Å². The van der Waals surface area contributed by atoms with Crippen molar-refractivity contribution in [1.82, 2.24) is 10.3 Å². The number of aryl methyl sites for hydroxylation is 1. The topological polar surface area (TPSA) is 165 Å². The van der Waals surface area contributed by atoms with Crippen molar-refractivity contribution in [3.8, 4) is 5.75 Å². The number of halogens is 3. The Hall–Kier alpha value is -6.25. The van der Waals surface area contributed by atoms with Gasteiger partial charge in [0.2, 0.25) is 5.91 Å². The van der Waals surface area contributed by atoms with Crippen LogP contribution in [0.3, 0.4) is 0 Å². The van der Waals surface area contributed by atoms with Crippen molar-refractivity contribution in [2.45, 2.75) is 32.0 Å². The van der Waals surface area contributed by atoms with Gasteiger partial charge in [0, 0.05) is 23.8 Å². The van der Waals surface area contributed by atoms with E-state index in [2.05, 4.69) is 31.0 Å². The van der Waals surface area contributed by atoms with Crippen LogP contribution in [-0.2, 0) is 25.5 Å². The van der Waals surface area contributed by atoms with Crippen molar-refractivity contribution in [3.05, 3.63) is 114 Å². The number of nitrogens with zero attached hydrogens (tertiary/aromatic N) is 1. The van der Waals surface area contributed by atoms with Crippen LogP contribution in [0.25, 0.3) is 0 Å². The van der Waals surface area contributed by atoms with E-state index >= 15 is 0 Å². The van der Waals surface area contributed by atoms with E-state index in [1.54, 1.807) is 30.3 Å². The fourth-order valence-corrected chi connectivity index (χ4v) is 4.49. The van der Waals surface area contributed by atoms with E-state index in [-0.39, 0.29) is 17.5 Å². The number of esters is 2. The molecule has 0 radical (unpaired) electrons. The first-order valence-corrected chi connectivity index (χ1v) is 14.6. The monoisotopic (exact) mass is 677 g/mol. The van der Waals surface area contributed by atoms with E-state index in [1.165, 1.54) is 55.9 Å². The maximum atomic E-state index is 12.9. The minimum absolute atomic E-state index is 0.0728. The largest absolute Gasteiger partial charge is 0.495 e. The van der Waals surface area contributed by atoms with Gasteiger partial charge in [0.15, 0.2) is 0 Å². The molecular weight excluding hydrogens is 647 g/mol. The average molecular weight is 678 g/mol. The second-order valence-electron chi connectivity index (χ2n) is 10.5. The first-order valence-electron chi connectivity index (χ1n) is 14.6. The second kappa shape index (κ2) is 16.0. The summed E-state index contributed by atoms with van der Waals surface area (Å²) < 4.78 is 47.1. The molecule has 1 aromatic heterocycles. The molecule has 0 aliphatic carbocycles. The van der Waals surface area contributed by atoms with Gasteiger partial charge in [-0.2, -0.15) is 13.2 Å². The number of anilines is 3. The highest BCUT2D eigenvalue weighted by atomic mass is 19.4. The van der Waals surface area contributed by atoms with E-state index in [9.17, 15) is 37.1 Å². The zero-order valence-electron chi connectivity index (χ0n) is 26.1. The molecule has 0 aliphatic heterocycles. The molecule has 1 unspecified atom stereocenters. The summed E-state index contributed by atoms with van der Waals surface area (Å²) in [4.78, 5) is 65.3. The van der Waals surface area contributed by atoms with Crippen LogP contribution in [0.1, 0.15) is 39.5 Å². The number of rotatable bonds is 11. The number of hydrogen-bond acceptors (Lipinski definition) is 8. The lowest BCUT2D eigenvalue weighted by atomic mass is 10.0. The van der Waals surface area contributed by atoms with Crippen molar-refractivity contribution in [3.63, 3.8) is 0 Å².